The SMILES string of the molecule is CC(C)(C)[C@H]1CCc2c(sc(N=Cc3cc(Br)c(Br)o3)c2C(=O)NCc2ccco2)C1. The summed E-state index contributed by atoms with van der Waals surface area (Å²) in [5.74, 6) is 1.81. The monoisotopic (exact) mass is 566 g/mol. The first kappa shape index (κ1) is 22.6. The molecule has 0 fully saturated rings. The van der Waals surface area contributed by atoms with E-state index in [1.165, 1.54) is 4.88 Å². The molecule has 0 aromatic carbocycles. The summed E-state index contributed by atoms with van der Waals surface area (Å²) in [6.45, 7) is 7.22. The lowest BCUT2D eigenvalue weighted by molar-refractivity contribution is 0.0947. The average molecular weight is 568 g/mol. The Morgan fingerprint density at radius 2 is 2.19 bits per heavy atom. The van der Waals surface area contributed by atoms with E-state index in [1.807, 2.05) is 18.2 Å². The number of furan rings is 2. The number of carbonyl (C=O) groups is 1. The summed E-state index contributed by atoms with van der Waals surface area (Å²) in [7, 11) is 0. The molecular weight excluding hydrogens is 544 g/mol. The number of halogens is 2. The van der Waals surface area contributed by atoms with Crippen LogP contribution >= 0.6 is 43.2 Å². The molecular formula is C23H24Br2N2O3S. The first-order valence-electron chi connectivity index (χ1n) is 10.2. The van der Waals surface area contributed by atoms with E-state index in [0.29, 0.717) is 28.5 Å². The number of amides is 1. The van der Waals surface area contributed by atoms with Crippen LogP contribution in [0.5, 0.6) is 0 Å². The lowest BCUT2D eigenvalue weighted by Gasteiger charge is -2.33. The molecule has 164 valence electrons. The van der Waals surface area contributed by atoms with Crippen LogP contribution in [0, 0.1) is 11.3 Å². The van der Waals surface area contributed by atoms with Crippen LogP contribution in [0.2, 0.25) is 0 Å². The van der Waals surface area contributed by atoms with Gasteiger partial charge in [0.15, 0.2) is 4.67 Å². The third-order valence-corrected chi connectivity index (χ3v) is 8.55. The van der Waals surface area contributed by atoms with Crippen LogP contribution in [0.3, 0.4) is 0 Å². The van der Waals surface area contributed by atoms with Gasteiger partial charge in [-0.3, -0.25) is 4.79 Å². The highest BCUT2D eigenvalue weighted by atomic mass is 79.9. The van der Waals surface area contributed by atoms with Gasteiger partial charge < -0.3 is 14.2 Å². The number of nitrogens with zero attached hydrogens (tertiary/aromatic N) is 1. The fourth-order valence-corrected chi connectivity index (χ4v) is 5.73. The summed E-state index contributed by atoms with van der Waals surface area (Å²) in [6.07, 6.45) is 6.22. The lowest BCUT2D eigenvalue weighted by atomic mass is 9.72. The van der Waals surface area contributed by atoms with Crippen molar-refractivity contribution in [3.63, 3.8) is 0 Å². The topological polar surface area (TPSA) is 67.7 Å². The summed E-state index contributed by atoms with van der Waals surface area (Å²) in [5, 5.41) is 3.71. The number of hydrogen-bond donors (Lipinski definition) is 1. The first-order chi connectivity index (χ1) is 14.7. The molecule has 0 saturated heterocycles. The Bertz CT molecular complexity index is 1090. The lowest BCUT2D eigenvalue weighted by Crippen LogP contribution is -2.28. The van der Waals surface area contributed by atoms with Gasteiger partial charge in [0.1, 0.15) is 16.5 Å². The molecule has 5 nitrogen and oxygen atoms in total. The van der Waals surface area contributed by atoms with Gasteiger partial charge in [-0.1, -0.05) is 20.8 Å². The van der Waals surface area contributed by atoms with Gasteiger partial charge in [0.2, 0.25) is 0 Å². The normalized spacial score (nSPS) is 16.6. The first-order valence-corrected chi connectivity index (χ1v) is 12.6. The van der Waals surface area contributed by atoms with Crippen molar-refractivity contribution in [2.45, 2.75) is 46.6 Å². The third kappa shape index (κ3) is 5.07. The molecule has 3 aromatic rings. The van der Waals surface area contributed by atoms with E-state index < -0.39 is 0 Å². The molecule has 0 aliphatic heterocycles. The molecule has 0 spiro atoms. The summed E-state index contributed by atoms with van der Waals surface area (Å²) in [5.41, 5.74) is 2.05. The second-order valence-electron chi connectivity index (χ2n) is 8.78. The standard InChI is InChI=1S/C23H24Br2N2O3S/c1-23(2,3)13-6-7-16-18(9-13)31-22(27-12-15-10-17(24)20(25)30-15)19(16)21(28)26-11-14-5-4-8-29-14/h4-5,8,10,12-13H,6-7,9,11H2,1-3H3,(H,26,28)/t13-/m0/s1. The Hall–Kier alpha value is -1.64. The molecule has 4 rings (SSSR count). The molecule has 0 bridgehead atoms. The van der Waals surface area contributed by atoms with Crippen LogP contribution < -0.4 is 5.32 Å². The van der Waals surface area contributed by atoms with Gasteiger partial charge in [0, 0.05) is 10.9 Å². The van der Waals surface area contributed by atoms with Gasteiger partial charge in [-0.25, -0.2) is 4.99 Å². The van der Waals surface area contributed by atoms with Crippen molar-refractivity contribution in [3.8, 4) is 0 Å². The van der Waals surface area contributed by atoms with Gasteiger partial charge in [0.25, 0.3) is 5.91 Å². The van der Waals surface area contributed by atoms with Crippen LogP contribution in [-0.2, 0) is 19.4 Å². The number of carbonyl (C=O) groups excluding carboxylic acids is 1. The molecule has 0 saturated carbocycles. The molecule has 31 heavy (non-hydrogen) atoms. The number of hydrogen-bond acceptors (Lipinski definition) is 5. The third-order valence-electron chi connectivity index (χ3n) is 5.68. The second-order valence-corrected chi connectivity index (χ2v) is 11.4. The fraction of sp³-hybridized carbons (Fsp3) is 0.391. The predicted molar refractivity (Wildman–Crippen MR) is 131 cm³/mol. The van der Waals surface area contributed by atoms with Crippen LogP contribution in [0.25, 0.3) is 0 Å². The van der Waals surface area contributed by atoms with Gasteiger partial charge in [0.05, 0.1) is 29.1 Å². The van der Waals surface area contributed by atoms with E-state index in [4.69, 9.17) is 8.83 Å². The Balaban J connectivity index is 1.65. The molecule has 1 amide bonds. The van der Waals surface area contributed by atoms with E-state index in [1.54, 1.807) is 23.8 Å². The number of thiophene rings is 1. The van der Waals surface area contributed by atoms with E-state index in [2.05, 4.69) is 62.9 Å². The smallest absolute Gasteiger partial charge is 0.255 e. The van der Waals surface area contributed by atoms with Gasteiger partial charge in [-0.05, 0) is 80.2 Å². The number of rotatable bonds is 5. The summed E-state index contributed by atoms with van der Waals surface area (Å²) in [4.78, 5) is 19.1. The average Bonchev–Trinajstić information content (AvgIpc) is 3.42. The van der Waals surface area contributed by atoms with Crippen LogP contribution in [-0.4, -0.2) is 12.1 Å². The second kappa shape index (κ2) is 9.08. The quantitative estimate of drug-likeness (QED) is 0.329. The van der Waals surface area contributed by atoms with Gasteiger partial charge in [-0.15, -0.1) is 11.3 Å². The highest BCUT2D eigenvalue weighted by Crippen LogP contribution is 2.45. The van der Waals surface area contributed by atoms with Gasteiger partial charge >= 0.3 is 0 Å². The predicted octanol–water partition coefficient (Wildman–Crippen LogP) is 7.29. The molecule has 1 atom stereocenters. The summed E-state index contributed by atoms with van der Waals surface area (Å²) >= 11 is 8.38. The fourth-order valence-electron chi connectivity index (χ4n) is 3.85. The maximum atomic E-state index is 13.2. The van der Waals surface area contributed by atoms with Crippen LogP contribution in [0.1, 0.15) is 59.5 Å². The minimum absolute atomic E-state index is 0.114. The Kier molecular flexibility index (Phi) is 6.60. The van der Waals surface area contributed by atoms with Crippen LogP contribution in [0.4, 0.5) is 5.00 Å². The molecule has 0 radical (unpaired) electrons. The Labute approximate surface area is 202 Å². The minimum Gasteiger partial charge on any atom is -0.467 e. The highest BCUT2D eigenvalue weighted by molar-refractivity contribution is 9.13. The van der Waals surface area contributed by atoms with Crippen molar-refractivity contribution in [2.75, 3.05) is 0 Å². The van der Waals surface area contributed by atoms with Crippen molar-refractivity contribution in [1.29, 1.82) is 0 Å². The number of aliphatic imine (C=N–C) groups is 1. The van der Waals surface area contributed by atoms with E-state index in [-0.39, 0.29) is 11.3 Å². The molecule has 1 aliphatic rings. The zero-order valence-corrected chi connectivity index (χ0v) is 21.6. The van der Waals surface area contributed by atoms with E-state index >= 15 is 0 Å². The van der Waals surface area contributed by atoms with E-state index in [0.717, 1.165) is 40.1 Å². The number of nitrogens with one attached hydrogen (secondary N) is 1. The van der Waals surface area contributed by atoms with Crippen LogP contribution in [0.15, 0.2) is 47.4 Å². The van der Waals surface area contributed by atoms with Crippen molar-refractivity contribution in [3.05, 3.63) is 61.1 Å². The molecule has 0 unspecified atom stereocenters. The molecule has 3 aromatic heterocycles. The largest absolute Gasteiger partial charge is 0.467 e. The van der Waals surface area contributed by atoms with E-state index in [9.17, 15) is 4.79 Å². The Morgan fingerprint density at radius 1 is 1.39 bits per heavy atom. The Morgan fingerprint density at radius 3 is 2.84 bits per heavy atom. The zero-order valence-electron chi connectivity index (χ0n) is 17.6. The van der Waals surface area contributed by atoms with Crippen molar-refractivity contribution >= 4 is 60.3 Å². The molecule has 3 heterocycles. The van der Waals surface area contributed by atoms with Gasteiger partial charge in [-0.2, -0.15) is 0 Å². The number of fused-ring (bicyclic) bond motifs is 1. The molecule has 8 heteroatoms. The summed E-state index contributed by atoms with van der Waals surface area (Å²) in [6, 6.07) is 5.51. The summed E-state index contributed by atoms with van der Waals surface area (Å²) < 4.78 is 12.4. The molecule has 1 aliphatic carbocycles. The highest BCUT2D eigenvalue weighted by Gasteiger charge is 2.33. The van der Waals surface area contributed by atoms with Crippen molar-refractivity contribution in [1.82, 2.24) is 5.32 Å². The van der Waals surface area contributed by atoms with Crippen molar-refractivity contribution < 1.29 is 13.6 Å². The minimum atomic E-state index is -0.114. The maximum absolute atomic E-state index is 13.2. The molecule has 1 N–H and O–H groups in total. The zero-order chi connectivity index (χ0) is 22.2. The van der Waals surface area contributed by atoms with Crippen molar-refractivity contribution in [2.24, 2.45) is 16.3 Å². The maximum Gasteiger partial charge on any atom is 0.255 e.